The zero-order chi connectivity index (χ0) is 22.4. The maximum atomic E-state index is 12.8. The molecule has 0 aromatic heterocycles. The van der Waals surface area contributed by atoms with Gasteiger partial charge in [0.15, 0.2) is 0 Å². The molecular formula is C21H12F3NO5S. The Bertz CT molecular complexity index is 1350. The lowest BCUT2D eigenvalue weighted by Gasteiger charge is -2.12. The molecule has 3 aromatic carbocycles. The first-order chi connectivity index (χ1) is 14.6. The number of para-hydroxylation sites is 1. The molecule has 0 N–H and O–H groups in total. The molecule has 0 saturated heterocycles. The summed E-state index contributed by atoms with van der Waals surface area (Å²) in [4.78, 5) is 10.7. The molecule has 0 heterocycles. The number of fused-ring (bicyclic) bond motifs is 3. The van der Waals surface area contributed by atoms with Gasteiger partial charge in [-0.15, -0.1) is 0 Å². The first-order valence-corrected chi connectivity index (χ1v) is 10.2. The van der Waals surface area contributed by atoms with Gasteiger partial charge in [0, 0.05) is 17.7 Å². The Morgan fingerprint density at radius 1 is 0.871 bits per heavy atom. The molecule has 0 saturated carbocycles. The van der Waals surface area contributed by atoms with Crippen LogP contribution in [0.4, 0.5) is 18.9 Å². The van der Waals surface area contributed by atoms with Crippen LogP contribution >= 0.6 is 0 Å². The lowest BCUT2D eigenvalue weighted by molar-refractivity contribution is -0.384. The number of hydrogen-bond acceptors (Lipinski definition) is 5. The lowest BCUT2D eigenvalue weighted by atomic mass is 10.0. The highest BCUT2D eigenvalue weighted by atomic mass is 32.2. The Balaban J connectivity index is 1.89. The zero-order valence-electron chi connectivity index (χ0n) is 15.5. The van der Waals surface area contributed by atoms with Crippen molar-refractivity contribution in [3.8, 4) is 16.9 Å². The maximum absolute atomic E-state index is 12.8. The van der Waals surface area contributed by atoms with Crippen molar-refractivity contribution in [2.75, 3.05) is 0 Å². The molecular weight excluding hydrogens is 435 g/mol. The fourth-order valence-corrected chi connectivity index (χ4v) is 3.84. The van der Waals surface area contributed by atoms with Gasteiger partial charge < -0.3 is 4.18 Å². The lowest BCUT2D eigenvalue weighted by Crippen LogP contribution is -2.28. The molecule has 0 aliphatic heterocycles. The number of benzene rings is 3. The molecule has 0 bridgehead atoms. The van der Waals surface area contributed by atoms with Crippen molar-refractivity contribution in [3.63, 3.8) is 0 Å². The number of nitro benzene ring substituents is 1. The minimum atomic E-state index is -5.86. The van der Waals surface area contributed by atoms with E-state index in [4.69, 9.17) is 0 Å². The standard InChI is InChI=1S/C21H12F3NO5S/c22-21(23,24)31(28,29)30-20-8-4-1-5-13(20)11-18-16-7-3-2-6-15(16)17-10-9-14(25(26)27)12-19(17)18/h1-12H/b18-11+. The summed E-state index contributed by atoms with van der Waals surface area (Å²) in [6.45, 7) is 0. The Labute approximate surface area is 174 Å². The molecule has 4 rings (SSSR count). The van der Waals surface area contributed by atoms with Crippen molar-refractivity contribution in [2.45, 2.75) is 5.51 Å². The quantitative estimate of drug-likeness (QED) is 0.181. The summed E-state index contributed by atoms with van der Waals surface area (Å²) in [7, 11) is -5.86. The molecule has 0 radical (unpaired) electrons. The fraction of sp³-hybridized carbons (Fsp3) is 0.0476. The second-order valence-corrected chi connectivity index (χ2v) is 8.15. The summed E-state index contributed by atoms with van der Waals surface area (Å²) in [6, 6.07) is 16.8. The highest BCUT2D eigenvalue weighted by Gasteiger charge is 2.48. The molecule has 31 heavy (non-hydrogen) atoms. The van der Waals surface area contributed by atoms with Crippen molar-refractivity contribution >= 4 is 27.5 Å². The van der Waals surface area contributed by atoms with Gasteiger partial charge in [-0.3, -0.25) is 10.1 Å². The number of nitro groups is 1. The molecule has 158 valence electrons. The van der Waals surface area contributed by atoms with E-state index in [2.05, 4.69) is 4.18 Å². The Hall–Kier alpha value is -3.66. The SMILES string of the molecule is O=[N+]([O-])c1ccc2c(c1)/C(=C/c1ccccc1OS(=O)(=O)C(F)(F)F)c1ccccc1-2. The summed E-state index contributed by atoms with van der Waals surface area (Å²) < 4.78 is 65.6. The number of halogens is 3. The molecule has 0 unspecified atom stereocenters. The molecule has 0 fully saturated rings. The van der Waals surface area contributed by atoms with Crippen LogP contribution in [-0.4, -0.2) is 18.8 Å². The van der Waals surface area contributed by atoms with Crippen LogP contribution in [0.15, 0.2) is 66.7 Å². The van der Waals surface area contributed by atoms with Crippen molar-refractivity contribution in [2.24, 2.45) is 0 Å². The average Bonchev–Trinajstić information content (AvgIpc) is 3.02. The Morgan fingerprint density at radius 3 is 2.16 bits per heavy atom. The van der Waals surface area contributed by atoms with Gasteiger partial charge in [0.2, 0.25) is 0 Å². The van der Waals surface area contributed by atoms with E-state index in [9.17, 15) is 31.7 Å². The van der Waals surface area contributed by atoms with Gasteiger partial charge in [-0.05, 0) is 46.0 Å². The van der Waals surface area contributed by atoms with Crippen LogP contribution in [0.25, 0.3) is 22.8 Å². The summed E-state index contributed by atoms with van der Waals surface area (Å²) in [6.07, 6.45) is 1.45. The van der Waals surface area contributed by atoms with Gasteiger partial charge in [-0.1, -0.05) is 42.5 Å². The van der Waals surface area contributed by atoms with E-state index in [-0.39, 0.29) is 11.3 Å². The van der Waals surface area contributed by atoms with E-state index in [0.29, 0.717) is 22.3 Å². The predicted octanol–water partition coefficient (Wildman–Crippen LogP) is 5.39. The van der Waals surface area contributed by atoms with Crippen molar-refractivity contribution < 1.29 is 30.7 Å². The average molecular weight is 447 g/mol. The summed E-state index contributed by atoms with van der Waals surface area (Å²) >= 11 is 0. The van der Waals surface area contributed by atoms with Crippen molar-refractivity contribution in [1.82, 2.24) is 0 Å². The topological polar surface area (TPSA) is 86.5 Å². The third-order valence-corrected chi connectivity index (χ3v) is 5.68. The van der Waals surface area contributed by atoms with E-state index < -0.39 is 26.3 Å². The molecule has 3 aromatic rings. The monoisotopic (exact) mass is 447 g/mol. The smallest absolute Gasteiger partial charge is 0.375 e. The van der Waals surface area contributed by atoms with Crippen molar-refractivity contribution in [1.29, 1.82) is 0 Å². The van der Waals surface area contributed by atoms with E-state index in [1.807, 2.05) is 6.07 Å². The Kier molecular flexibility index (Phi) is 4.81. The molecule has 0 atom stereocenters. The third-order valence-electron chi connectivity index (χ3n) is 4.71. The van der Waals surface area contributed by atoms with Crippen LogP contribution in [0.1, 0.15) is 16.7 Å². The second kappa shape index (κ2) is 7.24. The molecule has 10 heteroatoms. The number of hydrogen-bond donors (Lipinski definition) is 0. The number of nitrogens with zero attached hydrogens (tertiary/aromatic N) is 1. The van der Waals surface area contributed by atoms with Gasteiger partial charge in [0.05, 0.1) is 4.92 Å². The minimum Gasteiger partial charge on any atom is -0.375 e. The van der Waals surface area contributed by atoms with Crippen LogP contribution in [-0.2, 0) is 10.1 Å². The predicted molar refractivity (Wildman–Crippen MR) is 108 cm³/mol. The van der Waals surface area contributed by atoms with Crippen LogP contribution in [0.2, 0.25) is 0 Å². The van der Waals surface area contributed by atoms with Gasteiger partial charge in [-0.2, -0.15) is 21.6 Å². The molecule has 6 nitrogen and oxygen atoms in total. The summed E-state index contributed by atoms with van der Waals surface area (Å²) in [5.74, 6) is -0.510. The van der Waals surface area contributed by atoms with Crippen LogP contribution in [0, 0.1) is 10.1 Å². The van der Waals surface area contributed by atoms with E-state index in [0.717, 1.165) is 11.6 Å². The summed E-state index contributed by atoms with van der Waals surface area (Å²) in [5.41, 5.74) is -2.46. The summed E-state index contributed by atoms with van der Waals surface area (Å²) in [5, 5.41) is 11.2. The van der Waals surface area contributed by atoms with Gasteiger partial charge in [-0.25, -0.2) is 0 Å². The first kappa shape index (κ1) is 20.6. The largest absolute Gasteiger partial charge is 0.534 e. The number of rotatable bonds is 4. The van der Waals surface area contributed by atoms with Gasteiger partial charge in [0.25, 0.3) is 5.69 Å². The van der Waals surface area contributed by atoms with Crippen LogP contribution in [0.5, 0.6) is 5.75 Å². The van der Waals surface area contributed by atoms with Gasteiger partial charge >= 0.3 is 15.6 Å². The van der Waals surface area contributed by atoms with Crippen LogP contribution < -0.4 is 4.18 Å². The highest BCUT2D eigenvalue weighted by Crippen LogP contribution is 2.46. The second-order valence-electron chi connectivity index (χ2n) is 6.61. The maximum Gasteiger partial charge on any atom is 0.534 e. The minimum absolute atomic E-state index is 0.0690. The molecule has 0 spiro atoms. The molecule has 0 amide bonds. The number of alkyl halides is 3. The van der Waals surface area contributed by atoms with E-state index in [1.54, 1.807) is 24.3 Å². The highest BCUT2D eigenvalue weighted by molar-refractivity contribution is 7.88. The van der Waals surface area contributed by atoms with Crippen molar-refractivity contribution in [3.05, 3.63) is 93.5 Å². The first-order valence-electron chi connectivity index (χ1n) is 8.78. The van der Waals surface area contributed by atoms with E-state index >= 15 is 0 Å². The number of non-ortho nitro benzene ring substituents is 1. The van der Waals surface area contributed by atoms with E-state index in [1.165, 1.54) is 36.4 Å². The molecule has 1 aliphatic rings. The van der Waals surface area contributed by atoms with Crippen LogP contribution in [0.3, 0.4) is 0 Å². The normalized spacial score (nSPS) is 14.2. The van der Waals surface area contributed by atoms with Gasteiger partial charge in [0.1, 0.15) is 5.75 Å². The zero-order valence-corrected chi connectivity index (χ0v) is 16.3. The Morgan fingerprint density at radius 2 is 1.48 bits per heavy atom. The fourth-order valence-electron chi connectivity index (χ4n) is 3.35. The third kappa shape index (κ3) is 3.66. The molecule has 1 aliphatic carbocycles.